The van der Waals surface area contributed by atoms with E-state index in [-0.39, 0.29) is 0 Å². The van der Waals surface area contributed by atoms with Crippen molar-refractivity contribution in [3.8, 4) is 0 Å². The van der Waals surface area contributed by atoms with E-state index in [1.165, 1.54) is 0 Å². The molecule has 1 aromatic heterocycles. The van der Waals surface area contributed by atoms with Crippen molar-refractivity contribution in [1.29, 1.82) is 0 Å². The first kappa shape index (κ1) is 6.99. The topological polar surface area (TPSA) is 29.0 Å². The summed E-state index contributed by atoms with van der Waals surface area (Å²) >= 11 is 0. The molecule has 0 amide bonds. The van der Waals surface area contributed by atoms with Crippen LogP contribution in [-0.4, -0.2) is 24.1 Å². The van der Waals surface area contributed by atoms with Gasteiger partial charge in [0, 0.05) is 20.3 Å². The van der Waals surface area contributed by atoms with Gasteiger partial charge in [0.05, 0.1) is 0 Å². The van der Waals surface area contributed by atoms with Crippen molar-refractivity contribution in [2.24, 2.45) is 0 Å². The molecule has 0 N–H and O–H groups in total. The van der Waals surface area contributed by atoms with Gasteiger partial charge in [-0.15, -0.1) is 0 Å². The van der Waals surface area contributed by atoms with Crippen molar-refractivity contribution in [1.82, 2.24) is 9.97 Å². The van der Waals surface area contributed by atoms with Crippen molar-refractivity contribution in [3.63, 3.8) is 0 Å². The summed E-state index contributed by atoms with van der Waals surface area (Å²) < 4.78 is 0. The Balaban J connectivity index is 2.96. The summed E-state index contributed by atoms with van der Waals surface area (Å²) in [7, 11) is 3.92. The van der Waals surface area contributed by atoms with Crippen LogP contribution in [0.3, 0.4) is 0 Å². The Morgan fingerprint density at radius 1 is 1.40 bits per heavy atom. The molecule has 0 fully saturated rings. The van der Waals surface area contributed by atoms with E-state index in [1.807, 2.05) is 32.0 Å². The maximum atomic E-state index is 4.19. The molecule has 54 valence electrons. The quantitative estimate of drug-likeness (QED) is 0.574. The zero-order valence-electron chi connectivity index (χ0n) is 6.50. The van der Waals surface area contributed by atoms with Gasteiger partial charge in [-0.25, -0.2) is 9.97 Å². The third-order valence-corrected chi connectivity index (χ3v) is 1.22. The third-order valence-electron chi connectivity index (χ3n) is 1.22. The van der Waals surface area contributed by atoms with E-state index in [1.54, 1.807) is 6.20 Å². The maximum Gasteiger partial charge on any atom is 0.131 e. The standard InChI is InChI=1S/C7H11N3/c1-6-8-5-4-7(9-6)10(2)3/h4-5H,1-3H3. The minimum Gasteiger partial charge on any atom is -0.363 e. The lowest BCUT2D eigenvalue weighted by molar-refractivity contribution is 0.988. The largest absolute Gasteiger partial charge is 0.363 e. The van der Waals surface area contributed by atoms with Gasteiger partial charge in [-0.05, 0) is 13.0 Å². The Morgan fingerprint density at radius 2 is 2.10 bits per heavy atom. The lowest BCUT2D eigenvalue weighted by Crippen LogP contribution is -2.11. The summed E-state index contributed by atoms with van der Waals surface area (Å²) in [4.78, 5) is 10.1. The number of aromatic nitrogens is 2. The highest BCUT2D eigenvalue weighted by Crippen LogP contribution is 2.03. The van der Waals surface area contributed by atoms with E-state index in [2.05, 4.69) is 9.97 Å². The minimum absolute atomic E-state index is 0.811. The third kappa shape index (κ3) is 1.43. The van der Waals surface area contributed by atoms with Crippen molar-refractivity contribution >= 4 is 5.82 Å². The highest BCUT2D eigenvalue weighted by atomic mass is 15.1. The van der Waals surface area contributed by atoms with E-state index in [0.717, 1.165) is 11.6 Å². The first-order valence-corrected chi connectivity index (χ1v) is 3.17. The molecule has 0 radical (unpaired) electrons. The van der Waals surface area contributed by atoms with Crippen molar-refractivity contribution in [2.75, 3.05) is 19.0 Å². The second-order valence-electron chi connectivity index (χ2n) is 2.36. The number of rotatable bonds is 1. The summed E-state index contributed by atoms with van der Waals surface area (Å²) in [5, 5.41) is 0. The van der Waals surface area contributed by atoms with Crippen molar-refractivity contribution < 1.29 is 0 Å². The molecular formula is C7H11N3. The predicted molar refractivity (Wildman–Crippen MR) is 41.1 cm³/mol. The lowest BCUT2D eigenvalue weighted by Gasteiger charge is -2.09. The molecule has 3 heteroatoms. The predicted octanol–water partition coefficient (Wildman–Crippen LogP) is 0.851. The monoisotopic (exact) mass is 137 g/mol. The SMILES string of the molecule is Cc1nccc(N(C)C)n1. The molecule has 1 aromatic rings. The van der Waals surface area contributed by atoms with Crippen LogP contribution in [0.5, 0.6) is 0 Å². The van der Waals surface area contributed by atoms with E-state index >= 15 is 0 Å². The van der Waals surface area contributed by atoms with Crippen LogP contribution in [-0.2, 0) is 0 Å². The molecular weight excluding hydrogens is 126 g/mol. The summed E-state index contributed by atoms with van der Waals surface area (Å²) in [5.41, 5.74) is 0. The second-order valence-corrected chi connectivity index (χ2v) is 2.36. The minimum atomic E-state index is 0.811. The van der Waals surface area contributed by atoms with Crippen LogP contribution < -0.4 is 4.90 Å². The first-order valence-electron chi connectivity index (χ1n) is 3.17. The normalized spacial score (nSPS) is 9.50. The average molecular weight is 137 g/mol. The lowest BCUT2D eigenvalue weighted by atomic mass is 10.5. The van der Waals surface area contributed by atoms with Crippen molar-refractivity contribution in [3.05, 3.63) is 18.1 Å². The zero-order valence-corrected chi connectivity index (χ0v) is 6.50. The van der Waals surface area contributed by atoms with Gasteiger partial charge in [-0.1, -0.05) is 0 Å². The fourth-order valence-corrected chi connectivity index (χ4v) is 0.693. The fourth-order valence-electron chi connectivity index (χ4n) is 0.693. The van der Waals surface area contributed by atoms with Crippen LogP contribution in [0.4, 0.5) is 5.82 Å². The molecule has 0 saturated heterocycles. The highest BCUT2D eigenvalue weighted by Gasteiger charge is 1.94. The first-order chi connectivity index (χ1) is 4.70. The highest BCUT2D eigenvalue weighted by molar-refractivity contribution is 5.34. The van der Waals surface area contributed by atoms with Gasteiger partial charge in [-0.2, -0.15) is 0 Å². The van der Waals surface area contributed by atoms with Gasteiger partial charge >= 0.3 is 0 Å². The maximum absolute atomic E-state index is 4.19. The van der Waals surface area contributed by atoms with Gasteiger partial charge < -0.3 is 4.90 Å². The number of hydrogen-bond acceptors (Lipinski definition) is 3. The van der Waals surface area contributed by atoms with Crippen LogP contribution in [0.2, 0.25) is 0 Å². The summed E-state index contributed by atoms with van der Waals surface area (Å²) in [5.74, 6) is 1.76. The zero-order chi connectivity index (χ0) is 7.56. The average Bonchev–Trinajstić information content (AvgIpc) is 1.88. The summed E-state index contributed by atoms with van der Waals surface area (Å²) in [6.07, 6.45) is 1.76. The van der Waals surface area contributed by atoms with Gasteiger partial charge in [0.25, 0.3) is 0 Å². The Morgan fingerprint density at radius 3 is 2.50 bits per heavy atom. The molecule has 0 aliphatic heterocycles. The Hall–Kier alpha value is -1.12. The van der Waals surface area contributed by atoms with Crippen LogP contribution in [0.15, 0.2) is 12.3 Å². The Kier molecular flexibility index (Phi) is 1.85. The summed E-state index contributed by atoms with van der Waals surface area (Å²) in [6.45, 7) is 1.88. The smallest absolute Gasteiger partial charge is 0.131 e. The van der Waals surface area contributed by atoms with Gasteiger partial charge in [0.1, 0.15) is 11.6 Å². The number of anilines is 1. The molecule has 1 rings (SSSR count). The molecule has 10 heavy (non-hydrogen) atoms. The number of nitrogens with zero attached hydrogens (tertiary/aromatic N) is 3. The Labute approximate surface area is 60.7 Å². The van der Waals surface area contributed by atoms with E-state index in [0.29, 0.717) is 0 Å². The molecule has 0 unspecified atom stereocenters. The Bertz CT molecular complexity index is 220. The molecule has 0 aromatic carbocycles. The molecule has 0 aliphatic carbocycles. The van der Waals surface area contributed by atoms with Crippen LogP contribution in [0.1, 0.15) is 5.82 Å². The van der Waals surface area contributed by atoms with Gasteiger partial charge in [0.2, 0.25) is 0 Å². The number of aryl methyl sites for hydroxylation is 1. The van der Waals surface area contributed by atoms with E-state index in [4.69, 9.17) is 0 Å². The molecule has 0 spiro atoms. The fraction of sp³-hybridized carbons (Fsp3) is 0.429. The molecule has 0 aliphatic rings. The van der Waals surface area contributed by atoms with E-state index in [9.17, 15) is 0 Å². The van der Waals surface area contributed by atoms with Crippen LogP contribution >= 0.6 is 0 Å². The molecule has 1 heterocycles. The van der Waals surface area contributed by atoms with Gasteiger partial charge in [0.15, 0.2) is 0 Å². The second kappa shape index (κ2) is 2.64. The molecule has 0 saturated carbocycles. The summed E-state index contributed by atoms with van der Waals surface area (Å²) in [6, 6.07) is 1.88. The van der Waals surface area contributed by atoms with Crippen LogP contribution in [0.25, 0.3) is 0 Å². The molecule has 0 atom stereocenters. The van der Waals surface area contributed by atoms with Gasteiger partial charge in [-0.3, -0.25) is 0 Å². The molecule has 0 bridgehead atoms. The van der Waals surface area contributed by atoms with E-state index < -0.39 is 0 Å². The number of hydrogen-bond donors (Lipinski definition) is 0. The van der Waals surface area contributed by atoms with Crippen LogP contribution in [0, 0.1) is 6.92 Å². The molecule has 3 nitrogen and oxygen atoms in total. The van der Waals surface area contributed by atoms with Crippen molar-refractivity contribution in [2.45, 2.75) is 6.92 Å².